The monoisotopic (exact) mass is 465 g/mol. The van der Waals surface area contributed by atoms with Gasteiger partial charge >= 0.3 is 0 Å². The van der Waals surface area contributed by atoms with Crippen LogP contribution >= 0.6 is 11.3 Å². The second-order valence-electron chi connectivity index (χ2n) is 8.00. The highest BCUT2D eigenvalue weighted by atomic mass is 32.1. The summed E-state index contributed by atoms with van der Waals surface area (Å²) < 4.78 is 0. The fraction of sp³-hybridized carbons (Fsp3) is 0.107. The lowest BCUT2D eigenvalue weighted by Crippen LogP contribution is -2.35. The SMILES string of the molecule is O=C(Nc1ccc(/C=C/c2ccccc2C(=O)N2CCCc3sccc32)cc1)c1ccccn1. The summed E-state index contributed by atoms with van der Waals surface area (Å²) in [6.07, 6.45) is 7.56. The van der Waals surface area contributed by atoms with E-state index in [0.717, 1.165) is 36.2 Å². The number of hydrogen-bond donors (Lipinski definition) is 1. The summed E-state index contributed by atoms with van der Waals surface area (Å²) in [4.78, 5) is 32.9. The molecule has 1 aliphatic heterocycles. The van der Waals surface area contributed by atoms with Crippen molar-refractivity contribution in [3.8, 4) is 0 Å². The predicted molar refractivity (Wildman–Crippen MR) is 138 cm³/mol. The molecule has 3 heterocycles. The van der Waals surface area contributed by atoms with Gasteiger partial charge < -0.3 is 10.2 Å². The highest BCUT2D eigenvalue weighted by molar-refractivity contribution is 7.10. The van der Waals surface area contributed by atoms with E-state index in [4.69, 9.17) is 0 Å². The summed E-state index contributed by atoms with van der Waals surface area (Å²) in [6.45, 7) is 0.742. The fourth-order valence-electron chi connectivity index (χ4n) is 4.03. The molecule has 0 bridgehead atoms. The van der Waals surface area contributed by atoms with Crippen LogP contribution in [0.2, 0.25) is 0 Å². The maximum atomic E-state index is 13.4. The van der Waals surface area contributed by atoms with Crippen LogP contribution in [0.1, 0.15) is 43.3 Å². The molecule has 0 fully saturated rings. The Bertz CT molecular complexity index is 1340. The Balaban J connectivity index is 1.31. The molecule has 2 aromatic carbocycles. The molecule has 0 atom stereocenters. The van der Waals surface area contributed by atoms with Gasteiger partial charge in [0.15, 0.2) is 0 Å². The topological polar surface area (TPSA) is 62.3 Å². The third kappa shape index (κ3) is 4.67. The number of carbonyl (C=O) groups is 2. The minimum absolute atomic E-state index is 0.0344. The molecule has 5 rings (SSSR count). The van der Waals surface area contributed by atoms with Gasteiger partial charge in [0, 0.05) is 28.9 Å². The van der Waals surface area contributed by atoms with Gasteiger partial charge in [-0.2, -0.15) is 0 Å². The van der Waals surface area contributed by atoms with Crippen molar-refractivity contribution in [3.05, 3.63) is 112 Å². The van der Waals surface area contributed by atoms with Crippen molar-refractivity contribution >= 4 is 46.7 Å². The van der Waals surface area contributed by atoms with Gasteiger partial charge in [0.05, 0.1) is 5.69 Å². The van der Waals surface area contributed by atoms with E-state index in [9.17, 15) is 9.59 Å². The number of rotatable bonds is 5. The van der Waals surface area contributed by atoms with Gasteiger partial charge in [-0.05, 0) is 65.7 Å². The molecule has 2 amide bonds. The normalized spacial score (nSPS) is 13.0. The zero-order chi connectivity index (χ0) is 23.3. The summed E-state index contributed by atoms with van der Waals surface area (Å²) in [7, 11) is 0. The summed E-state index contributed by atoms with van der Waals surface area (Å²) in [5.41, 5.74) is 4.65. The number of anilines is 2. The van der Waals surface area contributed by atoms with E-state index in [1.54, 1.807) is 35.7 Å². The summed E-state index contributed by atoms with van der Waals surface area (Å²) >= 11 is 1.72. The molecule has 0 unspecified atom stereocenters. The van der Waals surface area contributed by atoms with Crippen molar-refractivity contribution in [3.63, 3.8) is 0 Å². The van der Waals surface area contributed by atoms with E-state index in [1.807, 2.05) is 71.6 Å². The highest BCUT2D eigenvalue weighted by Gasteiger charge is 2.25. The lowest BCUT2D eigenvalue weighted by atomic mass is 10.0. The number of amides is 2. The molecule has 2 aromatic heterocycles. The number of carbonyl (C=O) groups excluding carboxylic acids is 2. The maximum absolute atomic E-state index is 13.4. The first-order valence-corrected chi connectivity index (χ1v) is 12.0. The molecule has 0 aliphatic carbocycles. The van der Waals surface area contributed by atoms with Crippen LogP contribution in [0.3, 0.4) is 0 Å². The van der Waals surface area contributed by atoms with Crippen molar-refractivity contribution in [1.82, 2.24) is 4.98 Å². The van der Waals surface area contributed by atoms with Crippen molar-refractivity contribution < 1.29 is 9.59 Å². The first kappa shape index (κ1) is 21.8. The number of fused-ring (bicyclic) bond motifs is 1. The summed E-state index contributed by atoms with van der Waals surface area (Å²) in [6, 6.07) is 22.5. The quantitative estimate of drug-likeness (QED) is 0.359. The fourth-order valence-corrected chi connectivity index (χ4v) is 4.95. The van der Waals surface area contributed by atoms with Crippen LogP contribution in [-0.4, -0.2) is 23.3 Å². The zero-order valence-corrected chi connectivity index (χ0v) is 19.3. The summed E-state index contributed by atoms with van der Waals surface area (Å²) in [5.74, 6) is -0.213. The van der Waals surface area contributed by atoms with Gasteiger partial charge in [-0.3, -0.25) is 14.6 Å². The molecule has 1 aliphatic rings. The van der Waals surface area contributed by atoms with Gasteiger partial charge in [0.1, 0.15) is 5.69 Å². The number of nitrogens with one attached hydrogen (secondary N) is 1. The van der Waals surface area contributed by atoms with Gasteiger partial charge in [0.2, 0.25) is 0 Å². The average Bonchev–Trinajstić information content (AvgIpc) is 3.38. The predicted octanol–water partition coefficient (Wildman–Crippen LogP) is 6.16. The second kappa shape index (κ2) is 9.85. The van der Waals surface area contributed by atoms with Crippen LogP contribution in [0.15, 0.2) is 84.4 Å². The maximum Gasteiger partial charge on any atom is 0.274 e. The molecule has 5 nitrogen and oxygen atoms in total. The van der Waals surface area contributed by atoms with Crippen LogP contribution in [0.25, 0.3) is 12.2 Å². The Morgan fingerprint density at radius 1 is 0.941 bits per heavy atom. The Labute approximate surface area is 202 Å². The first-order valence-electron chi connectivity index (χ1n) is 11.2. The van der Waals surface area contributed by atoms with E-state index >= 15 is 0 Å². The standard InChI is InChI=1S/C28H23N3O2S/c32-27(24-8-3-4-17-29-24)30-22-14-11-20(12-15-22)10-13-21-6-1-2-7-23(21)28(33)31-18-5-9-26-25(31)16-19-34-26/h1-4,6-8,10-17,19H,5,9,18H2,(H,30,32)/b13-10+. The van der Waals surface area contributed by atoms with E-state index in [-0.39, 0.29) is 11.8 Å². The van der Waals surface area contributed by atoms with Gasteiger partial charge in [-0.15, -0.1) is 11.3 Å². The van der Waals surface area contributed by atoms with Crippen LogP contribution in [-0.2, 0) is 6.42 Å². The van der Waals surface area contributed by atoms with E-state index in [2.05, 4.69) is 15.7 Å². The Morgan fingerprint density at radius 3 is 2.59 bits per heavy atom. The summed E-state index contributed by atoms with van der Waals surface area (Å²) in [5, 5.41) is 4.91. The first-order chi connectivity index (χ1) is 16.7. The van der Waals surface area contributed by atoms with E-state index in [0.29, 0.717) is 16.9 Å². The van der Waals surface area contributed by atoms with Gasteiger partial charge in [-0.1, -0.05) is 48.6 Å². The zero-order valence-electron chi connectivity index (χ0n) is 18.5. The molecular formula is C28H23N3O2S. The third-order valence-electron chi connectivity index (χ3n) is 5.76. The van der Waals surface area contributed by atoms with Gasteiger partial charge in [-0.25, -0.2) is 0 Å². The molecule has 0 spiro atoms. The van der Waals surface area contributed by atoms with Crippen LogP contribution in [0.5, 0.6) is 0 Å². The number of aromatic nitrogens is 1. The Morgan fingerprint density at radius 2 is 1.76 bits per heavy atom. The number of aryl methyl sites for hydroxylation is 1. The molecule has 4 aromatic rings. The molecule has 1 N–H and O–H groups in total. The number of benzene rings is 2. The van der Waals surface area contributed by atoms with Crippen molar-refractivity contribution in [2.24, 2.45) is 0 Å². The van der Waals surface area contributed by atoms with E-state index in [1.165, 1.54) is 4.88 Å². The molecule has 34 heavy (non-hydrogen) atoms. The minimum Gasteiger partial charge on any atom is -0.321 e. The number of nitrogens with zero attached hydrogens (tertiary/aromatic N) is 2. The largest absolute Gasteiger partial charge is 0.321 e. The molecule has 0 saturated carbocycles. The van der Waals surface area contributed by atoms with Crippen molar-refractivity contribution in [2.45, 2.75) is 12.8 Å². The van der Waals surface area contributed by atoms with Crippen LogP contribution < -0.4 is 10.2 Å². The lowest BCUT2D eigenvalue weighted by molar-refractivity contribution is 0.0983. The smallest absolute Gasteiger partial charge is 0.274 e. The van der Waals surface area contributed by atoms with Crippen LogP contribution in [0.4, 0.5) is 11.4 Å². The Kier molecular flexibility index (Phi) is 6.31. The van der Waals surface area contributed by atoms with Crippen molar-refractivity contribution in [1.29, 1.82) is 0 Å². The lowest BCUT2D eigenvalue weighted by Gasteiger charge is -2.27. The molecule has 0 saturated heterocycles. The molecular weight excluding hydrogens is 442 g/mol. The third-order valence-corrected chi connectivity index (χ3v) is 6.73. The average molecular weight is 466 g/mol. The van der Waals surface area contributed by atoms with Crippen molar-refractivity contribution in [2.75, 3.05) is 16.8 Å². The molecule has 0 radical (unpaired) electrons. The highest BCUT2D eigenvalue weighted by Crippen LogP contribution is 2.33. The molecule has 6 heteroatoms. The number of pyridine rings is 1. The Hall–Kier alpha value is -4.03. The number of thiophene rings is 1. The molecule has 168 valence electrons. The number of hydrogen-bond acceptors (Lipinski definition) is 4. The van der Waals surface area contributed by atoms with E-state index < -0.39 is 0 Å². The minimum atomic E-state index is -0.247. The second-order valence-corrected chi connectivity index (χ2v) is 9.00. The van der Waals surface area contributed by atoms with Gasteiger partial charge in [0.25, 0.3) is 11.8 Å². The van der Waals surface area contributed by atoms with Crippen LogP contribution in [0, 0.1) is 0 Å².